The number of imide groups is 1. The molecule has 0 unspecified atom stereocenters. The van der Waals surface area contributed by atoms with Gasteiger partial charge in [-0.3, -0.25) is 19.3 Å². The van der Waals surface area contributed by atoms with Gasteiger partial charge in [0.05, 0.1) is 17.5 Å². The molecule has 0 bridgehead atoms. The van der Waals surface area contributed by atoms with Crippen molar-refractivity contribution >= 4 is 34.2 Å². The average molecular weight is 412 g/mol. The topological polar surface area (TPSA) is 79.4 Å². The number of aromatic nitrogens is 1. The fraction of sp³-hybridized carbons (Fsp3) is 0.455. The minimum absolute atomic E-state index is 0.0927. The Bertz CT molecular complexity index is 944. The first-order valence-corrected chi connectivity index (χ1v) is 11.0. The standard InChI is InChI=1S/C22H25N3O3S/c1-13-7-8-15(14(2)11-13)18-12-29-22(23-18)24-19(26)9-10-25-20(27)16-5-3-4-6-17(16)21(25)28/h7-8,11-12,16-17H,3-6,9-10H2,1-2H3,(H,23,24,26)/t16-,17+. The highest BCUT2D eigenvalue weighted by Crippen LogP contribution is 2.38. The molecule has 1 saturated heterocycles. The van der Waals surface area contributed by atoms with Gasteiger partial charge in [0.2, 0.25) is 17.7 Å². The van der Waals surface area contributed by atoms with Gasteiger partial charge in [0.15, 0.2) is 5.13 Å². The molecule has 4 rings (SSSR count). The molecular weight excluding hydrogens is 386 g/mol. The molecule has 2 atom stereocenters. The van der Waals surface area contributed by atoms with Crippen molar-refractivity contribution < 1.29 is 14.4 Å². The monoisotopic (exact) mass is 411 g/mol. The zero-order chi connectivity index (χ0) is 20.5. The molecule has 1 aliphatic carbocycles. The Kier molecular flexibility index (Phi) is 5.50. The van der Waals surface area contributed by atoms with E-state index >= 15 is 0 Å². The first-order chi connectivity index (χ1) is 13.9. The lowest BCUT2D eigenvalue weighted by Crippen LogP contribution is -2.34. The van der Waals surface area contributed by atoms with Gasteiger partial charge in [0.25, 0.3) is 0 Å². The second kappa shape index (κ2) is 8.06. The Hall–Kier alpha value is -2.54. The lowest BCUT2D eigenvalue weighted by Gasteiger charge is -2.19. The molecular formula is C22H25N3O3S. The van der Waals surface area contributed by atoms with Crippen LogP contribution in [0.2, 0.25) is 0 Å². The third-order valence-corrected chi connectivity index (χ3v) is 6.66. The highest BCUT2D eigenvalue weighted by Gasteiger charge is 2.47. The van der Waals surface area contributed by atoms with Crippen LogP contribution in [0.25, 0.3) is 11.3 Å². The van der Waals surface area contributed by atoms with Crippen LogP contribution in [-0.4, -0.2) is 34.2 Å². The van der Waals surface area contributed by atoms with E-state index in [9.17, 15) is 14.4 Å². The molecule has 1 aromatic heterocycles. The Morgan fingerprint density at radius 2 is 1.86 bits per heavy atom. The van der Waals surface area contributed by atoms with Gasteiger partial charge in [-0.2, -0.15) is 0 Å². The van der Waals surface area contributed by atoms with Crippen molar-refractivity contribution in [1.29, 1.82) is 0 Å². The number of anilines is 1. The van der Waals surface area contributed by atoms with E-state index in [0.29, 0.717) is 5.13 Å². The van der Waals surface area contributed by atoms with Crippen molar-refractivity contribution in [1.82, 2.24) is 9.88 Å². The van der Waals surface area contributed by atoms with Crippen LogP contribution in [0.3, 0.4) is 0 Å². The van der Waals surface area contributed by atoms with E-state index in [1.54, 1.807) is 0 Å². The summed E-state index contributed by atoms with van der Waals surface area (Å²) < 4.78 is 0. The lowest BCUT2D eigenvalue weighted by molar-refractivity contribution is -0.140. The van der Waals surface area contributed by atoms with Crippen LogP contribution in [0.4, 0.5) is 5.13 Å². The van der Waals surface area contributed by atoms with Crippen molar-refractivity contribution in [3.05, 3.63) is 34.7 Å². The molecule has 1 N–H and O–H groups in total. The molecule has 3 amide bonds. The number of nitrogens with zero attached hydrogens (tertiary/aromatic N) is 2. The molecule has 29 heavy (non-hydrogen) atoms. The van der Waals surface area contributed by atoms with E-state index in [1.165, 1.54) is 21.8 Å². The molecule has 2 fully saturated rings. The van der Waals surface area contributed by atoms with Crippen LogP contribution in [0.1, 0.15) is 43.2 Å². The SMILES string of the molecule is Cc1ccc(-c2csc(NC(=O)CCN3C(=O)[C@H]4CCCC[C@H]4C3=O)n2)c(C)c1. The summed E-state index contributed by atoms with van der Waals surface area (Å²) in [5.74, 6) is -0.767. The summed E-state index contributed by atoms with van der Waals surface area (Å²) in [5, 5.41) is 5.25. The maximum atomic E-state index is 12.5. The number of likely N-dealkylation sites (tertiary alicyclic amines) is 1. The predicted molar refractivity (Wildman–Crippen MR) is 112 cm³/mol. The molecule has 2 aromatic rings. The van der Waals surface area contributed by atoms with Crippen LogP contribution >= 0.6 is 11.3 Å². The largest absolute Gasteiger partial charge is 0.302 e. The summed E-state index contributed by atoms with van der Waals surface area (Å²) >= 11 is 1.37. The lowest BCUT2D eigenvalue weighted by atomic mass is 9.81. The van der Waals surface area contributed by atoms with Crippen molar-refractivity contribution in [2.45, 2.75) is 46.0 Å². The van der Waals surface area contributed by atoms with Gasteiger partial charge in [0.1, 0.15) is 0 Å². The van der Waals surface area contributed by atoms with Crippen LogP contribution < -0.4 is 5.32 Å². The Balaban J connectivity index is 1.35. The summed E-state index contributed by atoms with van der Waals surface area (Å²) in [6.45, 7) is 4.24. The second-order valence-corrected chi connectivity index (χ2v) is 8.84. The molecule has 6 nitrogen and oxygen atoms in total. The molecule has 2 aliphatic rings. The summed E-state index contributed by atoms with van der Waals surface area (Å²) in [6, 6.07) is 6.19. The fourth-order valence-electron chi connectivity index (χ4n) is 4.40. The predicted octanol–water partition coefficient (Wildman–Crippen LogP) is 3.93. The first kappa shape index (κ1) is 19.8. The third kappa shape index (κ3) is 3.96. The minimum atomic E-state index is -0.234. The Morgan fingerprint density at radius 3 is 2.52 bits per heavy atom. The highest BCUT2D eigenvalue weighted by molar-refractivity contribution is 7.14. The normalized spacial score (nSPS) is 21.4. The number of fused-ring (bicyclic) bond motifs is 1. The van der Waals surface area contributed by atoms with E-state index in [2.05, 4.69) is 16.4 Å². The van der Waals surface area contributed by atoms with Gasteiger partial charge in [0, 0.05) is 23.9 Å². The second-order valence-electron chi connectivity index (χ2n) is 7.98. The summed E-state index contributed by atoms with van der Waals surface area (Å²) in [6.07, 6.45) is 3.68. The number of aryl methyl sites for hydroxylation is 2. The van der Waals surface area contributed by atoms with Gasteiger partial charge >= 0.3 is 0 Å². The van der Waals surface area contributed by atoms with E-state index in [-0.39, 0.29) is 42.5 Å². The smallest absolute Gasteiger partial charge is 0.233 e. The molecule has 7 heteroatoms. The quantitative estimate of drug-likeness (QED) is 0.756. The number of hydrogen-bond donors (Lipinski definition) is 1. The number of thiazole rings is 1. The number of carbonyl (C=O) groups is 3. The van der Waals surface area contributed by atoms with Gasteiger partial charge in [-0.1, -0.05) is 36.6 Å². The van der Waals surface area contributed by atoms with Crippen molar-refractivity contribution in [2.75, 3.05) is 11.9 Å². The molecule has 1 aromatic carbocycles. The van der Waals surface area contributed by atoms with Crippen LogP contribution in [0.15, 0.2) is 23.6 Å². The number of rotatable bonds is 5. The molecule has 1 aliphatic heterocycles. The highest BCUT2D eigenvalue weighted by atomic mass is 32.1. The maximum absolute atomic E-state index is 12.5. The van der Waals surface area contributed by atoms with Gasteiger partial charge in [-0.25, -0.2) is 4.98 Å². The fourth-order valence-corrected chi connectivity index (χ4v) is 5.13. The Morgan fingerprint density at radius 1 is 1.17 bits per heavy atom. The van der Waals surface area contributed by atoms with Crippen LogP contribution in [0.5, 0.6) is 0 Å². The number of benzene rings is 1. The van der Waals surface area contributed by atoms with E-state index in [4.69, 9.17) is 0 Å². The first-order valence-electron chi connectivity index (χ1n) is 10.1. The van der Waals surface area contributed by atoms with Crippen molar-refractivity contribution in [3.8, 4) is 11.3 Å². The third-order valence-electron chi connectivity index (χ3n) is 5.90. The Labute approximate surface area is 174 Å². The zero-order valence-corrected chi connectivity index (χ0v) is 17.6. The van der Waals surface area contributed by atoms with Gasteiger partial charge in [-0.05, 0) is 32.3 Å². The van der Waals surface area contributed by atoms with Crippen molar-refractivity contribution in [2.24, 2.45) is 11.8 Å². The van der Waals surface area contributed by atoms with Crippen LogP contribution in [-0.2, 0) is 14.4 Å². The summed E-state index contributed by atoms with van der Waals surface area (Å²) in [4.78, 5) is 43.2. The van der Waals surface area contributed by atoms with E-state index < -0.39 is 0 Å². The van der Waals surface area contributed by atoms with Crippen LogP contribution in [0, 0.1) is 25.7 Å². The molecule has 0 radical (unpaired) electrons. The van der Waals surface area contributed by atoms with E-state index in [0.717, 1.165) is 42.5 Å². The summed E-state index contributed by atoms with van der Waals surface area (Å²) in [7, 11) is 0. The number of amides is 3. The zero-order valence-electron chi connectivity index (χ0n) is 16.7. The minimum Gasteiger partial charge on any atom is -0.302 e. The summed E-state index contributed by atoms with van der Waals surface area (Å²) in [5.41, 5.74) is 4.21. The number of carbonyl (C=O) groups excluding carboxylic acids is 3. The molecule has 0 spiro atoms. The van der Waals surface area contributed by atoms with E-state index in [1.807, 2.05) is 31.4 Å². The number of hydrogen-bond acceptors (Lipinski definition) is 5. The molecule has 2 heterocycles. The average Bonchev–Trinajstić information content (AvgIpc) is 3.24. The molecule has 152 valence electrons. The number of nitrogens with one attached hydrogen (secondary N) is 1. The molecule has 1 saturated carbocycles. The van der Waals surface area contributed by atoms with Gasteiger partial charge < -0.3 is 5.32 Å². The maximum Gasteiger partial charge on any atom is 0.233 e. The van der Waals surface area contributed by atoms with Gasteiger partial charge in [-0.15, -0.1) is 11.3 Å². The van der Waals surface area contributed by atoms with Crippen molar-refractivity contribution in [3.63, 3.8) is 0 Å².